The Morgan fingerprint density at radius 1 is 0.875 bits per heavy atom. The molecular weight excluding hydrogens is 412 g/mol. The molecule has 8 nitrogen and oxygen atoms in total. The quantitative estimate of drug-likeness (QED) is 0.390. The molecule has 32 heavy (non-hydrogen) atoms. The Bertz CT molecular complexity index is 1210. The first-order chi connectivity index (χ1) is 15.5. The first-order valence-electron chi connectivity index (χ1n) is 9.72. The molecule has 0 fully saturated rings. The third-order valence-electron chi connectivity index (χ3n) is 4.66. The van der Waals surface area contributed by atoms with Crippen LogP contribution in [0.5, 0.6) is 5.75 Å². The van der Waals surface area contributed by atoms with Crippen LogP contribution in [0.15, 0.2) is 77.3 Å². The molecule has 0 atom stereocenters. The van der Waals surface area contributed by atoms with Gasteiger partial charge in [0.05, 0.1) is 7.11 Å². The first-order valence-corrected chi connectivity index (χ1v) is 9.72. The molecule has 1 heterocycles. The highest BCUT2D eigenvalue weighted by Gasteiger charge is 2.13. The summed E-state index contributed by atoms with van der Waals surface area (Å²) in [6.45, 7) is 1.47. The largest absolute Gasteiger partial charge is 0.496 e. The lowest BCUT2D eigenvalue weighted by molar-refractivity contribution is -0.159. The fraction of sp³-hybridized carbons (Fsp3) is 0.125. The number of methoxy groups -OCH3 is 1. The molecule has 0 amide bonds. The van der Waals surface area contributed by atoms with E-state index in [9.17, 15) is 0 Å². The average Bonchev–Trinajstić information content (AvgIpc) is 3.24. The minimum atomic E-state index is -1.82. The maximum atomic E-state index is 9.10. The highest BCUT2D eigenvalue weighted by atomic mass is 16.5. The van der Waals surface area contributed by atoms with Gasteiger partial charge in [0.25, 0.3) is 0 Å². The third-order valence-corrected chi connectivity index (χ3v) is 4.66. The van der Waals surface area contributed by atoms with Gasteiger partial charge in [0.2, 0.25) is 0 Å². The Kier molecular flexibility index (Phi) is 7.55. The van der Waals surface area contributed by atoms with Gasteiger partial charge in [-0.15, -0.1) is 0 Å². The summed E-state index contributed by atoms with van der Waals surface area (Å²) in [7, 11) is 1.70. The molecule has 0 saturated heterocycles. The Hall–Kier alpha value is -4.17. The van der Waals surface area contributed by atoms with Crippen molar-refractivity contribution in [3.8, 4) is 17.0 Å². The van der Waals surface area contributed by atoms with E-state index < -0.39 is 11.9 Å². The molecule has 3 aromatic carbocycles. The van der Waals surface area contributed by atoms with Gasteiger partial charge in [-0.25, -0.2) is 9.59 Å². The summed E-state index contributed by atoms with van der Waals surface area (Å²) in [5.41, 5.74) is 5.10. The van der Waals surface area contributed by atoms with Crippen molar-refractivity contribution < 1.29 is 29.1 Å². The van der Waals surface area contributed by atoms with Crippen LogP contribution in [0.1, 0.15) is 11.1 Å². The summed E-state index contributed by atoms with van der Waals surface area (Å²) in [6, 6.07) is 24.3. The number of carboxylic acids is 2. The first kappa shape index (κ1) is 22.5. The molecule has 0 saturated carbocycles. The van der Waals surface area contributed by atoms with E-state index in [-0.39, 0.29) is 0 Å². The van der Waals surface area contributed by atoms with Crippen molar-refractivity contribution in [1.82, 2.24) is 10.5 Å². The Morgan fingerprint density at radius 3 is 2.19 bits per heavy atom. The molecule has 164 valence electrons. The zero-order valence-corrected chi connectivity index (χ0v) is 17.3. The molecule has 0 aliphatic heterocycles. The average molecular weight is 434 g/mol. The van der Waals surface area contributed by atoms with Crippen LogP contribution in [0.25, 0.3) is 22.2 Å². The van der Waals surface area contributed by atoms with Gasteiger partial charge in [-0.3, -0.25) is 0 Å². The number of fused-ring (bicyclic) bond motifs is 1. The summed E-state index contributed by atoms with van der Waals surface area (Å²) in [6.07, 6.45) is 0. The van der Waals surface area contributed by atoms with Crippen molar-refractivity contribution in [3.63, 3.8) is 0 Å². The molecule has 0 aliphatic rings. The summed E-state index contributed by atoms with van der Waals surface area (Å²) >= 11 is 0. The van der Waals surface area contributed by atoms with Gasteiger partial charge in [0.15, 0.2) is 5.58 Å². The molecule has 4 rings (SSSR count). The van der Waals surface area contributed by atoms with Gasteiger partial charge in [-0.2, -0.15) is 0 Å². The van der Waals surface area contributed by atoms with Crippen LogP contribution in [0, 0.1) is 0 Å². The number of nitrogens with one attached hydrogen (secondary N) is 1. The second-order valence-corrected chi connectivity index (χ2v) is 6.71. The lowest BCUT2D eigenvalue weighted by Crippen LogP contribution is -2.14. The summed E-state index contributed by atoms with van der Waals surface area (Å²) in [5, 5.41) is 23.6. The third kappa shape index (κ3) is 5.50. The minimum Gasteiger partial charge on any atom is -0.496 e. The van der Waals surface area contributed by atoms with Crippen molar-refractivity contribution in [1.29, 1.82) is 0 Å². The van der Waals surface area contributed by atoms with E-state index in [1.54, 1.807) is 7.11 Å². The monoisotopic (exact) mass is 434 g/mol. The lowest BCUT2D eigenvalue weighted by atomic mass is 10.0. The topological polar surface area (TPSA) is 122 Å². The number of aromatic nitrogens is 1. The summed E-state index contributed by atoms with van der Waals surface area (Å²) in [5.74, 6) is -2.75. The number of hydrogen-bond acceptors (Lipinski definition) is 6. The molecular formula is C24H22N2O6. The van der Waals surface area contributed by atoms with Gasteiger partial charge in [-0.05, 0) is 23.8 Å². The van der Waals surface area contributed by atoms with Gasteiger partial charge in [-0.1, -0.05) is 59.8 Å². The maximum Gasteiger partial charge on any atom is 0.414 e. The van der Waals surface area contributed by atoms with Crippen LogP contribution in [0.2, 0.25) is 0 Å². The molecule has 0 aliphatic carbocycles. The maximum absolute atomic E-state index is 9.10. The van der Waals surface area contributed by atoms with E-state index >= 15 is 0 Å². The standard InChI is InChI=1S/C22H20N2O2.C2H2O4/c1-25-20-12-6-3-9-17(20)15-23-14-16-8-2-4-10-18(16)22-19-11-5-7-13-21(19)26-24-22;3-1(4)2(5)6/h2-13,23H,14-15H2,1H3;(H,3,4)(H,5,6). The smallest absolute Gasteiger partial charge is 0.414 e. The fourth-order valence-corrected chi connectivity index (χ4v) is 3.17. The molecule has 0 bridgehead atoms. The van der Waals surface area contributed by atoms with Crippen molar-refractivity contribution in [2.45, 2.75) is 13.1 Å². The second-order valence-electron chi connectivity index (χ2n) is 6.71. The second kappa shape index (κ2) is 10.7. The molecule has 3 N–H and O–H groups in total. The van der Waals surface area contributed by atoms with E-state index in [0.717, 1.165) is 46.6 Å². The van der Waals surface area contributed by atoms with Crippen LogP contribution in [-0.2, 0) is 22.7 Å². The fourth-order valence-electron chi connectivity index (χ4n) is 3.17. The predicted octanol–water partition coefficient (Wildman–Crippen LogP) is 3.95. The molecule has 1 aromatic heterocycles. The van der Waals surface area contributed by atoms with E-state index in [1.807, 2.05) is 54.6 Å². The van der Waals surface area contributed by atoms with Gasteiger partial charge < -0.3 is 24.8 Å². The number of nitrogens with zero attached hydrogens (tertiary/aromatic N) is 1. The van der Waals surface area contributed by atoms with Crippen LogP contribution < -0.4 is 10.1 Å². The Labute approximate surface area is 184 Å². The predicted molar refractivity (Wildman–Crippen MR) is 118 cm³/mol. The molecule has 0 unspecified atom stereocenters. The van der Waals surface area contributed by atoms with E-state index in [0.29, 0.717) is 0 Å². The normalized spacial score (nSPS) is 10.3. The van der Waals surface area contributed by atoms with Crippen molar-refractivity contribution in [2.75, 3.05) is 7.11 Å². The zero-order valence-electron chi connectivity index (χ0n) is 17.3. The van der Waals surface area contributed by atoms with Gasteiger partial charge in [0, 0.05) is 29.6 Å². The van der Waals surface area contributed by atoms with Crippen LogP contribution in [-0.4, -0.2) is 34.4 Å². The van der Waals surface area contributed by atoms with Crippen LogP contribution in [0.3, 0.4) is 0 Å². The van der Waals surface area contributed by atoms with Crippen molar-refractivity contribution >= 4 is 22.9 Å². The molecule has 0 spiro atoms. The highest BCUT2D eigenvalue weighted by Crippen LogP contribution is 2.30. The van der Waals surface area contributed by atoms with E-state index in [1.165, 1.54) is 5.56 Å². The van der Waals surface area contributed by atoms with Crippen LogP contribution in [0.4, 0.5) is 0 Å². The highest BCUT2D eigenvalue weighted by molar-refractivity contribution is 6.27. The van der Waals surface area contributed by atoms with E-state index in [4.69, 9.17) is 29.1 Å². The number of ether oxygens (including phenoxy) is 1. The van der Waals surface area contributed by atoms with Crippen molar-refractivity contribution in [2.24, 2.45) is 0 Å². The Morgan fingerprint density at radius 2 is 1.47 bits per heavy atom. The number of carboxylic acid groups (broad SMARTS) is 2. The number of carbonyl (C=O) groups is 2. The Balaban J connectivity index is 0.000000427. The molecule has 8 heteroatoms. The number of hydrogen-bond donors (Lipinski definition) is 3. The lowest BCUT2D eigenvalue weighted by Gasteiger charge is -2.11. The summed E-state index contributed by atoms with van der Waals surface area (Å²) < 4.78 is 10.9. The summed E-state index contributed by atoms with van der Waals surface area (Å²) in [4.78, 5) is 18.2. The molecule has 0 radical (unpaired) electrons. The van der Waals surface area contributed by atoms with Crippen LogP contribution >= 0.6 is 0 Å². The number of aliphatic carboxylic acids is 2. The number of rotatable bonds is 6. The van der Waals surface area contributed by atoms with Gasteiger partial charge >= 0.3 is 11.9 Å². The number of benzene rings is 3. The SMILES string of the molecule is COc1ccccc1CNCc1ccccc1-c1noc2ccccc12.O=C(O)C(=O)O. The van der Waals surface area contributed by atoms with E-state index in [2.05, 4.69) is 28.7 Å². The van der Waals surface area contributed by atoms with Crippen molar-refractivity contribution in [3.05, 3.63) is 83.9 Å². The minimum absolute atomic E-state index is 0.732. The molecule has 4 aromatic rings. The van der Waals surface area contributed by atoms with Gasteiger partial charge in [0.1, 0.15) is 11.4 Å². The number of para-hydroxylation sites is 2. The zero-order chi connectivity index (χ0) is 22.9.